The molecule has 0 saturated carbocycles. The number of hydrogen-bond acceptors (Lipinski definition) is 4. The molecule has 0 bridgehead atoms. The second-order valence-electron chi connectivity index (χ2n) is 3.92. The van der Waals surface area contributed by atoms with Crippen molar-refractivity contribution in [1.29, 1.82) is 0 Å². The Morgan fingerprint density at radius 1 is 1.47 bits per heavy atom. The van der Waals surface area contributed by atoms with Gasteiger partial charge in [-0.25, -0.2) is 4.98 Å². The third kappa shape index (κ3) is 2.56. The van der Waals surface area contributed by atoms with Crippen molar-refractivity contribution in [3.63, 3.8) is 0 Å². The van der Waals surface area contributed by atoms with Crippen LogP contribution in [0.1, 0.15) is 36.0 Å². The van der Waals surface area contributed by atoms with Crippen molar-refractivity contribution in [2.45, 2.75) is 33.4 Å². The van der Waals surface area contributed by atoms with Crippen LogP contribution in [0.4, 0.5) is 0 Å². The average molecular weight is 250 g/mol. The molecule has 1 atom stereocenters. The number of nitrogens with zero attached hydrogens (tertiary/aromatic N) is 3. The smallest absolute Gasteiger partial charge is 0.0798 e. The number of aromatic nitrogens is 3. The van der Waals surface area contributed by atoms with Crippen LogP contribution in [-0.4, -0.2) is 21.3 Å². The van der Waals surface area contributed by atoms with Gasteiger partial charge in [0.05, 0.1) is 23.4 Å². The van der Waals surface area contributed by atoms with Crippen molar-refractivity contribution < 1.29 is 0 Å². The second-order valence-corrected chi connectivity index (χ2v) is 4.81. The average Bonchev–Trinajstić information content (AvgIpc) is 2.95. The monoisotopic (exact) mass is 250 g/mol. The van der Waals surface area contributed by atoms with E-state index in [-0.39, 0.29) is 6.04 Å². The van der Waals surface area contributed by atoms with Crippen molar-refractivity contribution in [1.82, 2.24) is 20.1 Å². The third-order valence-electron chi connectivity index (χ3n) is 2.76. The summed E-state index contributed by atoms with van der Waals surface area (Å²) in [5, 5.41) is 7.83. The lowest BCUT2D eigenvalue weighted by molar-refractivity contribution is 0.629. The van der Waals surface area contributed by atoms with E-state index in [2.05, 4.69) is 42.4 Å². The summed E-state index contributed by atoms with van der Waals surface area (Å²) in [4.78, 5) is 5.60. The molecule has 5 heteroatoms. The molecule has 0 aliphatic carbocycles. The lowest BCUT2D eigenvalue weighted by Gasteiger charge is -2.15. The maximum Gasteiger partial charge on any atom is 0.0798 e. The summed E-state index contributed by atoms with van der Waals surface area (Å²) in [7, 11) is 0. The van der Waals surface area contributed by atoms with Crippen LogP contribution in [0.3, 0.4) is 0 Å². The van der Waals surface area contributed by atoms with E-state index in [1.165, 1.54) is 10.4 Å². The highest BCUT2D eigenvalue weighted by Gasteiger charge is 2.18. The maximum absolute atomic E-state index is 4.34. The van der Waals surface area contributed by atoms with E-state index in [0.717, 1.165) is 18.8 Å². The Morgan fingerprint density at radius 2 is 2.29 bits per heavy atom. The van der Waals surface area contributed by atoms with Crippen molar-refractivity contribution >= 4 is 11.3 Å². The Kier molecular flexibility index (Phi) is 3.91. The summed E-state index contributed by atoms with van der Waals surface area (Å²) < 4.78 is 1.95. The lowest BCUT2D eigenvalue weighted by atomic mass is 10.1. The SMILES string of the molecule is CCNC(c1cnn(CC)c1)c1scnc1C. The first-order valence-electron chi connectivity index (χ1n) is 5.92. The van der Waals surface area contributed by atoms with Crippen molar-refractivity contribution in [3.8, 4) is 0 Å². The topological polar surface area (TPSA) is 42.7 Å². The van der Waals surface area contributed by atoms with E-state index in [1.807, 2.05) is 16.4 Å². The summed E-state index contributed by atoms with van der Waals surface area (Å²) in [6, 6.07) is 0.216. The van der Waals surface area contributed by atoms with Gasteiger partial charge in [-0.2, -0.15) is 5.10 Å². The summed E-state index contributed by atoms with van der Waals surface area (Å²) in [6.45, 7) is 8.10. The maximum atomic E-state index is 4.34. The zero-order valence-electron chi connectivity index (χ0n) is 10.5. The minimum absolute atomic E-state index is 0.216. The Bertz CT molecular complexity index is 474. The predicted molar refractivity (Wildman–Crippen MR) is 70.3 cm³/mol. The quantitative estimate of drug-likeness (QED) is 0.886. The van der Waals surface area contributed by atoms with Crippen LogP contribution in [0.5, 0.6) is 0 Å². The van der Waals surface area contributed by atoms with Crippen LogP contribution in [0.2, 0.25) is 0 Å². The fourth-order valence-corrected chi connectivity index (χ4v) is 2.76. The van der Waals surface area contributed by atoms with Gasteiger partial charge < -0.3 is 5.32 Å². The zero-order valence-corrected chi connectivity index (χ0v) is 11.3. The first-order valence-corrected chi connectivity index (χ1v) is 6.80. The van der Waals surface area contributed by atoms with Gasteiger partial charge in [0.15, 0.2) is 0 Å². The van der Waals surface area contributed by atoms with E-state index < -0.39 is 0 Å². The summed E-state index contributed by atoms with van der Waals surface area (Å²) in [5.41, 5.74) is 4.21. The van der Waals surface area contributed by atoms with Crippen LogP contribution < -0.4 is 5.32 Å². The van der Waals surface area contributed by atoms with Crippen molar-refractivity contribution in [2.75, 3.05) is 6.54 Å². The highest BCUT2D eigenvalue weighted by molar-refractivity contribution is 7.09. The molecule has 92 valence electrons. The molecule has 0 radical (unpaired) electrons. The van der Waals surface area contributed by atoms with Crippen LogP contribution in [-0.2, 0) is 6.54 Å². The van der Waals surface area contributed by atoms with Crippen molar-refractivity contribution in [3.05, 3.63) is 34.0 Å². The number of nitrogens with one attached hydrogen (secondary N) is 1. The molecule has 0 aliphatic heterocycles. The molecule has 17 heavy (non-hydrogen) atoms. The highest BCUT2D eigenvalue weighted by Crippen LogP contribution is 2.27. The van der Waals surface area contributed by atoms with Crippen LogP contribution in [0.15, 0.2) is 17.9 Å². The van der Waals surface area contributed by atoms with Gasteiger partial charge in [-0.1, -0.05) is 6.92 Å². The number of aryl methyl sites for hydroxylation is 2. The first-order chi connectivity index (χ1) is 8.26. The van der Waals surface area contributed by atoms with E-state index in [4.69, 9.17) is 0 Å². The van der Waals surface area contributed by atoms with E-state index in [9.17, 15) is 0 Å². The van der Waals surface area contributed by atoms with Crippen LogP contribution in [0.25, 0.3) is 0 Å². The molecule has 4 nitrogen and oxygen atoms in total. The summed E-state index contributed by atoms with van der Waals surface area (Å²) in [6.07, 6.45) is 4.04. The minimum atomic E-state index is 0.216. The molecule has 2 aromatic rings. The van der Waals surface area contributed by atoms with Gasteiger partial charge >= 0.3 is 0 Å². The lowest BCUT2D eigenvalue weighted by Crippen LogP contribution is -2.21. The Labute approximate surface area is 106 Å². The molecule has 0 saturated heterocycles. The Balaban J connectivity index is 2.32. The van der Waals surface area contributed by atoms with Crippen LogP contribution in [0, 0.1) is 6.92 Å². The fourth-order valence-electron chi connectivity index (χ4n) is 1.86. The minimum Gasteiger partial charge on any atom is -0.306 e. The third-order valence-corrected chi connectivity index (χ3v) is 3.76. The van der Waals surface area contributed by atoms with Gasteiger partial charge in [0.2, 0.25) is 0 Å². The number of thiazole rings is 1. The molecule has 0 amide bonds. The molecular formula is C12H18N4S. The second kappa shape index (κ2) is 5.42. The summed E-state index contributed by atoms with van der Waals surface area (Å²) >= 11 is 1.70. The Hall–Kier alpha value is -1.20. The predicted octanol–water partition coefficient (Wildman–Crippen LogP) is 2.37. The molecule has 2 heterocycles. The standard InChI is InChI=1S/C12H18N4S/c1-4-13-11(12-9(3)14-8-17-12)10-6-15-16(5-2)7-10/h6-8,11,13H,4-5H2,1-3H3. The molecule has 1 N–H and O–H groups in total. The summed E-state index contributed by atoms with van der Waals surface area (Å²) in [5.74, 6) is 0. The molecule has 0 aliphatic rings. The molecular weight excluding hydrogens is 232 g/mol. The molecule has 0 spiro atoms. The normalized spacial score (nSPS) is 12.9. The van der Waals surface area contributed by atoms with E-state index >= 15 is 0 Å². The van der Waals surface area contributed by atoms with Crippen LogP contribution >= 0.6 is 11.3 Å². The highest BCUT2D eigenvalue weighted by atomic mass is 32.1. The number of hydrogen-bond donors (Lipinski definition) is 1. The first kappa shape index (κ1) is 12.3. The largest absolute Gasteiger partial charge is 0.306 e. The molecule has 1 unspecified atom stereocenters. The van der Waals surface area contributed by atoms with E-state index in [1.54, 1.807) is 11.3 Å². The van der Waals surface area contributed by atoms with Gasteiger partial charge in [0.25, 0.3) is 0 Å². The van der Waals surface area contributed by atoms with Gasteiger partial charge in [-0.3, -0.25) is 4.68 Å². The van der Waals surface area contributed by atoms with E-state index in [0.29, 0.717) is 0 Å². The van der Waals surface area contributed by atoms with Gasteiger partial charge in [-0.15, -0.1) is 11.3 Å². The molecule has 0 fully saturated rings. The van der Waals surface area contributed by atoms with Crippen molar-refractivity contribution in [2.24, 2.45) is 0 Å². The zero-order chi connectivity index (χ0) is 12.3. The fraction of sp³-hybridized carbons (Fsp3) is 0.500. The van der Waals surface area contributed by atoms with Gasteiger partial charge in [0, 0.05) is 23.2 Å². The Morgan fingerprint density at radius 3 is 2.82 bits per heavy atom. The molecule has 2 aromatic heterocycles. The van der Waals surface area contributed by atoms with Gasteiger partial charge in [0.1, 0.15) is 0 Å². The number of rotatable bonds is 5. The molecule has 0 aromatic carbocycles. The molecule has 2 rings (SSSR count). The van der Waals surface area contributed by atoms with Gasteiger partial charge in [-0.05, 0) is 20.4 Å².